The fourth-order valence-corrected chi connectivity index (χ4v) is 4.01. The summed E-state index contributed by atoms with van der Waals surface area (Å²) >= 11 is 1.23. The number of urea groups is 1. The van der Waals surface area contributed by atoms with Gasteiger partial charge in [-0.1, -0.05) is 0 Å². The quantitative estimate of drug-likeness (QED) is 0.518. The van der Waals surface area contributed by atoms with Crippen LogP contribution in [0, 0.1) is 6.92 Å². The molecule has 1 aliphatic heterocycles. The Hall–Kier alpha value is -2.99. The van der Waals surface area contributed by atoms with Crippen LogP contribution in [0.3, 0.4) is 0 Å². The summed E-state index contributed by atoms with van der Waals surface area (Å²) in [7, 11) is 3.33. The second-order valence-electron chi connectivity index (χ2n) is 7.28. The van der Waals surface area contributed by atoms with Crippen molar-refractivity contribution in [2.24, 2.45) is 5.73 Å². The van der Waals surface area contributed by atoms with E-state index in [9.17, 15) is 14.7 Å². The van der Waals surface area contributed by atoms with E-state index in [0.29, 0.717) is 17.4 Å². The number of nitrogens with zero attached hydrogens (tertiary/aromatic N) is 5. The highest BCUT2D eigenvalue weighted by Crippen LogP contribution is 2.27. The molecule has 0 saturated carbocycles. The van der Waals surface area contributed by atoms with Crippen molar-refractivity contribution in [3.63, 3.8) is 0 Å². The number of aryl methyl sites for hydroxylation is 1. The molecule has 3 heterocycles. The zero-order valence-corrected chi connectivity index (χ0v) is 17.9. The van der Waals surface area contributed by atoms with Crippen LogP contribution in [0.5, 0.6) is 0 Å². The summed E-state index contributed by atoms with van der Waals surface area (Å²) in [5, 5.41) is 16.8. The average Bonchev–Trinajstić information content (AvgIpc) is 3.12. The van der Waals surface area contributed by atoms with Gasteiger partial charge in [0, 0.05) is 20.6 Å². The summed E-state index contributed by atoms with van der Waals surface area (Å²) < 4.78 is 4.20. The number of hydrogen-bond acceptors (Lipinski definition) is 9. The van der Waals surface area contributed by atoms with E-state index >= 15 is 0 Å². The minimum absolute atomic E-state index is 0.0137. The zero-order valence-electron chi connectivity index (χ0n) is 17.1. The smallest absolute Gasteiger partial charge is 0.317 e. The standard InChI is InChI=1S/C18H26N8O3S/c1-10-7-14(30-24-10)23-17-15(16(19)28)20-8-13(22-17)26-6-4-5-11(12(26)9-27)21-18(29)25(2)3/h7-8,11-12,27H,4-6,9H2,1-3H3,(H2,19,28)(H,21,29)(H,22,23)/t11-,12-/m0/s1. The Morgan fingerprint density at radius 3 is 2.80 bits per heavy atom. The van der Waals surface area contributed by atoms with E-state index in [1.54, 1.807) is 14.1 Å². The number of aliphatic hydroxyl groups excluding tert-OH is 1. The number of nitrogens with two attached hydrogens (primary N) is 1. The second-order valence-corrected chi connectivity index (χ2v) is 8.09. The van der Waals surface area contributed by atoms with Crippen LogP contribution in [0.4, 0.5) is 21.4 Å². The summed E-state index contributed by atoms with van der Waals surface area (Å²) in [6, 6.07) is 0.971. The van der Waals surface area contributed by atoms with Crippen molar-refractivity contribution in [2.45, 2.75) is 31.8 Å². The molecule has 0 aromatic carbocycles. The van der Waals surface area contributed by atoms with Gasteiger partial charge in [-0.3, -0.25) is 4.79 Å². The van der Waals surface area contributed by atoms with Crippen molar-refractivity contribution in [3.8, 4) is 0 Å². The van der Waals surface area contributed by atoms with E-state index in [4.69, 9.17) is 5.73 Å². The number of amides is 3. The van der Waals surface area contributed by atoms with Gasteiger partial charge < -0.3 is 31.3 Å². The zero-order chi connectivity index (χ0) is 21.8. The molecule has 30 heavy (non-hydrogen) atoms. The summed E-state index contributed by atoms with van der Waals surface area (Å²) in [4.78, 5) is 36.1. The maximum atomic E-state index is 12.1. The lowest BCUT2D eigenvalue weighted by atomic mass is 9.96. The van der Waals surface area contributed by atoms with Crippen LogP contribution in [0.25, 0.3) is 0 Å². The van der Waals surface area contributed by atoms with Gasteiger partial charge in [0.2, 0.25) is 0 Å². The van der Waals surface area contributed by atoms with Crippen LogP contribution in [0.15, 0.2) is 12.3 Å². The Bertz CT molecular complexity index is 919. The topological polar surface area (TPSA) is 150 Å². The molecule has 162 valence electrons. The van der Waals surface area contributed by atoms with Crippen LogP contribution in [0.1, 0.15) is 29.0 Å². The van der Waals surface area contributed by atoms with Gasteiger partial charge in [0.05, 0.1) is 30.6 Å². The summed E-state index contributed by atoms with van der Waals surface area (Å²) in [5.41, 5.74) is 6.31. The number of carbonyl (C=O) groups is 2. The van der Waals surface area contributed by atoms with E-state index in [1.165, 1.54) is 22.6 Å². The Morgan fingerprint density at radius 2 is 2.20 bits per heavy atom. The first kappa shape index (κ1) is 21.7. The lowest BCUT2D eigenvalue weighted by Crippen LogP contribution is -2.58. The third-order valence-electron chi connectivity index (χ3n) is 4.84. The van der Waals surface area contributed by atoms with Gasteiger partial charge in [-0.25, -0.2) is 14.8 Å². The maximum absolute atomic E-state index is 12.1. The predicted molar refractivity (Wildman–Crippen MR) is 114 cm³/mol. The number of nitrogens with one attached hydrogen (secondary N) is 2. The minimum atomic E-state index is -0.703. The van der Waals surface area contributed by atoms with Crippen molar-refractivity contribution in [1.29, 1.82) is 0 Å². The molecule has 3 rings (SSSR count). The van der Waals surface area contributed by atoms with Crippen LogP contribution in [-0.2, 0) is 0 Å². The van der Waals surface area contributed by atoms with Gasteiger partial charge in [0.1, 0.15) is 10.8 Å². The molecule has 5 N–H and O–H groups in total. The van der Waals surface area contributed by atoms with Gasteiger partial charge >= 0.3 is 6.03 Å². The largest absolute Gasteiger partial charge is 0.394 e. The van der Waals surface area contributed by atoms with Crippen molar-refractivity contribution in [2.75, 3.05) is 37.5 Å². The summed E-state index contributed by atoms with van der Waals surface area (Å²) in [6.45, 7) is 2.32. The Morgan fingerprint density at radius 1 is 1.43 bits per heavy atom. The van der Waals surface area contributed by atoms with Crippen molar-refractivity contribution < 1.29 is 14.7 Å². The molecule has 3 amide bonds. The highest BCUT2D eigenvalue weighted by Gasteiger charge is 2.33. The molecule has 11 nitrogen and oxygen atoms in total. The first-order chi connectivity index (χ1) is 14.3. The molecule has 1 saturated heterocycles. The molecule has 2 aromatic rings. The van der Waals surface area contributed by atoms with Crippen LogP contribution < -0.4 is 21.3 Å². The van der Waals surface area contributed by atoms with Gasteiger partial charge in [-0.15, -0.1) is 0 Å². The molecule has 1 aliphatic rings. The fraction of sp³-hybridized carbons (Fsp3) is 0.500. The molecule has 0 bridgehead atoms. The molecule has 2 aromatic heterocycles. The van der Waals surface area contributed by atoms with Crippen LogP contribution in [-0.4, -0.2) is 75.6 Å². The Labute approximate surface area is 178 Å². The predicted octanol–water partition coefficient (Wildman–Crippen LogP) is 0.685. The van der Waals surface area contributed by atoms with Gasteiger partial charge in [0.15, 0.2) is 11.5 Å². The second kappa shape index (κ2) is 9.22. The number of carbonyl (C=O) groups excluding carboxylic acids is 2. The summed E-state index contributed by atoms with van der Waals surface area (Å²) in [5.74, 6) is -0.00218. The lowest BCUT2D eigenvalue weighted by molar-refractivity contribution is 0.0996. The highest BCUT2D eigenvalue weighted by molar-refractivity contribution is 7.10. The molecule has 1 fully saturated rings. The molecule has 12 heteroatoms. The molecule has 0 unspecified atom stereocenters. The number of rotatable bonds is 6. The third-order valence-corrected chi connectivity index (χ3v) is 5.63. The lowest BCUT2D eigenvalue weighted by Gasteiger charge is -2.41. The van der Waals surface area contributed by atoms with Crippen molar-refractivity contribution >= 4 is 40.1 Å². The highest BCUT2D eigenvalue weighted by atomic mass is 32.1. The fourth-order valence-electron chi connectivity index (χ4n) is 3.35. The van der Waals surface area contributed by atoms with E-state index in [0.717, 1.165) is 18.5 Å². The van der Waals surface area contributed by atoms with Crippen LogP contribution >= 0.6 is 11.5 Å². The Kier molecular flexibility index (Phi) is 6.67. The molecule has 0 spiro atoms. The molecular weight excluding hydrogens is 408 g/mol. The third kappa shape index (κ3) is 4.76. The first-order valence-electron chi connectivity index (χ1n) is 9.52. The van der Waals surface area contributed by atoms with E-state index < -0.39 is 5.91 Å². The number of hydrogen-bond donors (Lipinski definition) is 4. The van der Waals surface area contributed by atoms with Gasteiger partial charge in [-0.2, -0.15) is 4.37 Å². The van der Waals surface area contributed by atoms with E-state index in [2.05, 4.69) is 25.0 Å². The number of aromatic nitrogens is 3. The number of anilines is 3. The maximum Gasteiger partial charge on any atom is 0.317 e. The number of primary amides is 1. The van der Waals surface area contributed by atoms with Crippen molar-refractivity contribution in [1.82, 2.24) is 24.6 Å². The molecule has 0 radical (unpaired) electrons. The molecule has 2 atom stereocenters. The monoisotopic (exact) mass is 434 g/mol. The van der Waals surface area contributed by atoms with Gasteiger partial charge in [0.25, 0.3) is 5.91 Å². The minimum Gasteiger partial charge on any atom is -0.394 e. The van der Waals surface area contributed by atoms with E-state index in [1.807, 2.05) is 17.9 Å². The van der Waals surface area contributed by atoms with Crippen molar-refractivity contribution in [3.05, 3.63) is 23.7 Å². The van der Waals surface area contributed by atoms with Crippen LogP contribution in [0.2, 0.25) is 0 Å². The number of piperidine rings is 1. The average molecular weight is 435 g/mol. The first-order valence-corrected chi connectivity index (χ1v) is 10.3. The Balaban J connectivity index is 1.90. The number of aliphatic hydroxyl groups is 1. The SMILES string of the molecule is Cc1cc(Nc2nc(N3CCC[C@H](NC(=O)N(C)C)[C@@H]3CO)cnc2C(N)=O)sn1. The molecule has 0 aliphatic carbocycles. The molecular formula is C18H26N8O3S. The van der Waals surface area contributed by atoms with Gasteiger partial charge in [-0.05, 0) is 37.4 Å². The normalized spacial score (nSPS) is 18.7. The summed E-state index contributed by atoms with van der Waals surface area (Å²) in [6.07, 6.45) is 2.99. The van der Waals surface area contributed by atoms with E-state index in [-0.39, 0.29) is 36.2 Å².